The van der Waals surface area contributed by atoms with Crippen molar-refractivity contribution in [1.82, 2.24) is 16.0 Å². The van der Waals surface area contributed by atoms with Gasteiger partial charge in [0.05, 0.1) is 71.1 Å². The molecule has 137 heavy (non-hydrogen) atoms. The number of amides is 3. The van der Waals surface area contributed by atoms with Gasteiger partial charge in [0.2, 0.25) is 17.7 Å². The maximum absolute atomic E-state index is 13.6. The number of carbonyl (C=O) groups excluding carboxylic acids is 3. The number of rotatable bonds is 61. The monoisotopic (exact) mass is 1980 g/mol. The summed E-state index contributed by atoms with van der Waals surface area (Å²) in [6.07, 6.45) is -38.4. The van der Waals surface area contributed by atoms with E-state index in [4.69, 9.17) is 75.8 Å². The predicted octanol–water partition coefficient (Wildman–Crippen LogP) is -4.19. The summed E-state index contributed by atoms with van der Waals surface area (Å²) in [5.41, 5.74) is 0. The van der Waals surface area contributed by atoms with E-state index in [1.807, 2.05) is 6.08 Å². The van der Waals surface area contributed by atoms with Crippen LogP contribution in [0.3, 0.4) is 0 Å². The highest BCUT2D eigenvalue weighted by molar-refractivity contribution is 5.76. The minimum Gasteiger partial charge on any atom is -0.394 e. The third kappa shape index (κ3) is 34.9. The topological polar surface area (TPSA) is 700 Å². The van der Waals surface area contributed by atoms with Crippen molar-refractivity contribution in [3.8, 4) is 0 Å². The Morgan fingerprint density at radius 1 is 0.307 bits per heavy atom. The van der Waals surface area contributed by atoms with Gasteiger partial charge >= 0.3 is 0 Å². The molecule has 0 aromatic rings. The number of ether oxygens (including phenoxy) is 16. The van der Waals surface area contributed by atoms with Gasteiger partial charge in [0.15, 0.2) is 50.3 Å². The highest BCUT2D eigenvalue weighted by Gasteiger charge is 2.61. The smallest absolute Gasteiger partial charge is 0.220 e. The minimum absolute atomic E-state index is 0.153. The zero-order valence-corrected chi connectivity index (χ0v) is 79.7. The number of hydrogen-bond acceptors (Lipinski definition) is 42. The summed E-state index contributed by atoms with van der Waals surface area (Å²) in [5.74, 6) is -2.26. The van der Waals surface area contributed by atoms with Gasteiger partial charge in [0.25, 0.3) is 0 Å². The van der Waals surface area contributed by atoms with Crippen LogP contribution in [0.1, 0.15) is 240 Å². The molecule has 0 aliphatic carbocycles. The molecule has 3 amide bonds. The molecule has 26 N–H and O–H groups in total. The lowest BCUT2D eigenvalue weighted by atomic mass is 9.93. The second-order valence-corrected chi connectivity index (χ2v) is 37.7. The Labute approximate surface area is 800 Å². The van der Waals surface area contributed by atoms with E-state index in [1.165, 1.54) is 142 Å². The summed E-state index contributed by atoms with van der Waals surface area (Å²) in [7, 11) is 0. The molecule has 45 heteroatoms. The molecule has 0 radical (unpaired) electrons. The molecule has 8 heterocycles. The molecule has 0 spiro atoms. The van der Waals surface area contributed by atoms with Crippen molar-refractivity contribution >= 4 is 17.7 Å². The summed E-state index contributed by atoms with van der Waals surface area (Å²) >= 11 is 0. The first kappa shape index (κ1) is 119. The Morgan fingerprint density at radius 2 is 0.628 bits per heavy atom. The molecule has 42 atom stereocenters. The lowest BCUT2D eigenvalue weighted by molar-refractivity contribution is -0.391. The Morgan fingerprint density at radius 3 is 1.07 bits per heavy atom. The van der Waals surface area contributed by atoms with E-state index in [1.54, 1.807) is 6.08 Å². The summed E-state index contributed by atoms with van der Waals surface area (Å²) < 4.78 is 96.5. The summed E-state index contributed by atoms with van der Waals surface area (Å²) in [5, 5.41) is 266. The van der Waals surface area contributed by atoms with E-state index in [0.717, 1.165) is 65.2 Å². The maximum Gasteiger partial charge on any atom is 0.220 e. The molecule has 8 aliphatic rings. The molecule has 800 valence electrons. The van der Waals surface area contributed by atoms with Gasteiger partial charge in [-0.1, -0.05) is 206 Å². The minimum atomic E-state index is -2.42. The Kier molecular flexibility index (Phi) is 53.7. The quantitative estimate of drug-likeness (QED) is 0.0203. The first-order chi connectivity index (χ1) is 65.7. The standard InChI is InChI=1S/C92H165N3O42/c1-6-8-10-12-14-16-18-20-21-22-23-24-25-27-29-31-33-35-37-39-60(105)95-51(52(104)38-36-34-32-30-28-26-19-17-15-13-11-9-7-2)46-122-87-76(119)71(114)79(56(43-99)129-87)132-91-77(120)72(115)80(57(44-100)130-91)133-92-78(121)84(66(109)55(42-98)127-92)137-86-61(93-49(4)102)82(135-90-75(118)70(113)65(108)54(41-97)126-90)67(110)59(131-86)47-123-85-62(94-50(5)103)83(136-88-73(116)68(111)63(106)48(3)124-88)81(58(45-101)128-85)134-89-74(117)69(112)64(107)53(40-96)125-89/h36,38,48,51-59,61-92,96-101,104,106-121H,6-35,37,39-47H2,1-5H3,(H,93,102)(H,94,103)(H,95,105)/b38-36+/t48?,51-,52+,53?,54?,55?,56?,57?,58?,59?,61?,62?,63+,64-,65-,66-,67-,68?,69-,70-,71+,72+,73-,74?,75?,76?,77?,78?,79+,80-,81+,82+,83+,84-,85+,86-,87+,88+,89-,90-,91-,92-/m0/s1. The van der Waals surface area contributed by atoms with E-state index in [-0.39, 0.29) is 12.3 Å². The van der Waals surface area contributed by atoms with Gasteiger partial charge in [0, 0.05) is 20.3 Å². The zero-order valence-electron chi connectivity index (χ0n) is 79.7. The number of hydrogen-bond donors (Lipinski definition) is 26. The molecule has 0 aromatic heterocycles. The third-order valence-corrected chi connectivity index (χ3v) is 26.9. The van der Waals surface area contributed by atoms with Gasteiger partial charge in [0.1, 0.15) is 189 Å². The fraction of sp³-hybridized carbons (Fsp3) is 0.946. The summed E-state index contributed by atoms with van der Waals surface area (Å²) in [4.78, 5) is 40.5. The lowest BCUT2D eigenvalue weighted by Gasteiger charge is -2.51. The van der Waals surface area contributed by atoms with Crippen molar-refractivity contribution in [2.45, 2.75) is 498 Å². The van der Waals surface area contributed by atoms with Crippen LogP contribution in [0, 0.1) is 0 Å². The van der Waals surface area contributed by atoms with Crippen LogP contribution in [0.2, 0.25) is 0 Å². The van der Waals surface area contributed by atoms with E-state index in [9.17, 15) is 132 Å². The van der Waals surface area contributed by atoms with Crippen molar-refractivity contribution in [1.29, 1.82) is 0 Å². The molecule has 45 nitrogen and oxygen atoms in total. The van der Waals surface area contributed by atoms with Gasteiger partial charge in [-0.05, 0) is 26.2 Å². The van der Waals surface area contributed by atoms with E-state index in [2.05, 4.69) is 29.8 Å². The number of aliphatic hydroxyl groups excluding tert-OH is 23. The molecule has 8 saturated heterocycles. The molecule has 0 saturated carbocycles. The third-order valence-electron chi connectivity index (χ3n) is 26.9. The van der Waals surface area contributed by atoms with Crippen LogP contribution in [0.5, 0.6) is 0 Å². The predicted molar refractivity (Wildman–Crippen MR) is 476 cm³/mol. The SMILES string of the molecule is CCCCCCCCCCCCC/C=C/[C@@H](O)[C@H](CO[C@@H]1OC(CO)[C@@H](O[C@@H]2OC(CO)[C@H](O[C@@H]3OC(CO)[C@H](O)[C@H](O[C@@H]4OC(CO[C@@H]5OC(CO)[C@@H](O[C@@H]6OC(CO)[C@H](O)[C@H](O)C6O)[C@H](O[C@H]6OC(C)[C@@H](O)C(O)[C@@H]6O)C5NC(C)=O)[C@H](O)[C@H](O[C@@H]5OC(CO)[C@H](O)[C@H](O)C5O)C4NC(C)=O)C3O)[C@H](O)C2O)[C@H](O)C1O)NC(=O)CCCCCCCCCCCCCCCCCCCCC. The molecule has 16 unspecified atom stereocenters. The van der Waals surface area contributed by atoms with E-state index < -0.39 is 322 Å². The van der Waals surface area contributed by atoms with Crippen LogP contribution in [-0.2, 0) is 90.2 Å². The fourth-order valence-electron chi connectivity index (χ4n) is 18.6. The highest BCUT2D eigenvalue weighted by atomic mass is 16.8. The summed E-state index contributed by atoms with van der Waals surface area (Å²) in [6, 6.07) is -4.96. The maximum atomic E-state index is 13.6. The molecule has 8 aliphatic heterocycles. The number of aliphatic hydroxyl groups is 23. The highest BCUT2D eigenvalue weighted by Crippen LogP contribution is 2.40. The van der Waals surface area contributed by atoms with Crippen molar-refractivity contribution in [2.75, 3.05) is 52.9 Å². The van der Waals surface area contributed by atoms with Crippen LogP contribution >= 0.6 is 0 Å². The Balaban J connectivity index is 0.949. The average Bonchev–Trinajstić information content (AvgIpc) is 0.763. The Bertz CT molecular complexity index is 3320. The largest absolute Gasteiger partial charge is 0.394 e. The number of allylic oxidation sites excluding steroid dienone is 1. The van der Waals surface area contributed by atoms with Crippen LogP contribution < -0.4 is 16.0 Å². The molecule has 8 rings (SSSR count). The fourth-order valence-corrected chi connectivity index (χ4v) is 18.6. The Hall–Kier alpha value is -3.41. The average molecular weight is 1990 g/mol. The van der Waals surface area contributed by atoms with Crippen molar-refractivity contribution in [3.63, 3.8) is 0 Å². The van der Waals surface area contributed by atoms with Crippen molar-refractivity contribution in [2.24, 2.45) is 0 Å². The molecular formula is C92H165N3O42. The van der Waals surface area contributed by atoms with Gasteiger partial charge in [-0.25, -0.2) is 0 Å². The van der Waals surface area contributed by atoms with Gasteiger partial charge < -0.3 is 209 Å². The van der Waals surface area contributed by atoms with Crippen molar-refractivity contribution < 1.29 is 208 Å². The lowest BCUT2D eigenvalue weighted by Crippen LogP contribution is -2.71. The second kappa shape index (κ2) is 61.9. The zero-order chi connectivity index (χ0) is 100. The van der Waals surface area contributed by atoms with Gasteiger partial charge in [-0.2, -0.15) is 0 Å². The summed E-state index contributed by atoms with van der Waals surface area (Å²) in [6.45, 7) is -0.271. The normalized spacial score (nSPS) is 39.4. The number of nitrogens with one attached hydrogen (secondary N) is 3. The van der Waals surface area contributed by atoms with Crippen LogP contribution in [0.15, 0.2) is 12.2 Å². The number of carbonyl (C=O) groups is 3. The van der Waals surface area contributed by atoms with Crippen LogP contribution in [-0.4, -0.2) is 446 Å². The van der Waals surface area contributed by atoms with Crippen LogP contribution in [0.4, 0.5) is 0 Å². The molecule has 8 fully saturated rings. The first-order valence-corrected chi connectivity index (χ1v) is 49.8. The number of unbranched alkanes of at least 4 members (excludes halogenated alkanes) is 29. The van der Waals surface area contributed by atoms with Crippen molar-refractivity contribution in [3.05, 3.63) is 12.2 Å². The van der Waals surface area contributed by atoms with Crippen LogP contribution in [0.25, 0.3) is 0 Å². The molecule has 0 aromatic carbocycles. The second-order valence-electron chi connectivity index (χ2n) is 37.7. The first-order valence-electron chi connectivity index (χ1n) is 49.8. The van der Waals surface area contributed by atoms with Gasteiger partial charge in [-0.3, -0.25) is 14.4 Å². The molecule has 0 bridgehead atoms. The van der Waals surface area contributed by atoms with E-state index in [0.29, 0.717) is 12.8 Å². The van der Waals surface area contributed by atoms with E-state index >= 15 is 0 Å². The van der Waals surface area contributed by atoms with Gasteiger partial charge in [-0.15, -0.1) is 0 Å². The molecular weight excluding hydrogens is 1820 g/mol.